The molecule has 3 aromatic rings. The molecular formula is C24H31Cl2N7O. The summed E-state index contributed by atoms with van der Waals surface area (Å²) < 4.78 is 1.78. The van der Waals surface area contributed by atoms with Gasteiger partial charge in [0.2, 0.25) is 0 Å². The molecule has 1 amide bonds. The second-order valence-corrected chi connectivity index (χ2v) is 11.5. The molecule has 2 fully saturated rings. The zero-order chi connectivity index (χ0) is 24.4. The first-order valence-corrected chi connectivity index (χ1v) is 12.4. The van der Waals surface area contributed by atoms with Crippen LogP contribution in [0.15, 0.2) is 12.1 Å². The van der Waals surface area contributed by atoms with Crippen molar-refractivity contribution in [1.82, 2.24) is 30.0 Å². The number of H-pyrrole nitrogens is 1. The molecule has 1 aliphatic carbocycles. The zero-order valence-electron chi connectivity index (χ0n) is 20.2. The van der Waals surface area contributed by atoms with E-state index < -0.39 is 0 Å². The van der Waals surface area contributed by atoms with Gasteiger partial charge < -0.3 is 20.1 Å². The van der Waals surface area contributed by atoms with Crippen LogP contribution in [0.25, 0.3) is 10.9 Å². The lowest BCUT2D eigenvalue weighted by atomic mass is 9.86. The van der Waals surface area contributed by atoms with Gasteiger partial charge in [0.1, 0.15) is 11.5 Å². The molecule has 1 unspecified atom stereocenters. The van der Waals surface area contributed by atoms with Gasteiger partial charge in [0.05, 0.1) is 18.1 Å². The number of anilines is 1. The normalized spacial score (nSPS) is 19.2. The maximum absolute atomic E-state index is 13.4. The van der Waals surface area contributed by atoms with Crippen molar-refractivity contribution < 1.29 is 4.79 Å². The fraction of sp³-hybridized carbons (Fsp3) is 0.542. The third kappa shape index (κ3) is 3.85. The summed E-state index contributed by atoms with van der Waals surface area (Å²) in [5.41, 5.74) is 2.46. The Morgan fingerprint density at radius 2 is 2.06 bits per heavy atom. The summed E-state index contributed by atoms with van der Waals surface area (Å²) >= 11 is 13.0. The number of aromatic amines is 1. The molecule has 10 heteroatoms. The number of carbonyl (C=O) groups is 1. The molecule has 1 aliphatic heterocycles. The van der Waals surface area contributed by atoms with Crippen LogP contribution in [0, 0.1) is 5.41 Å². The molecule has 2 aromatic heterocycles. The highest BCUT2D eigenvalue weighted by Gasteiger charge is 2.54. The second-order valence-electron chi connectivity index (χ2n) is 10.7. The summed E-state index contributed by atoms with van der Waals surface area (Å²) in [5.74, 6) is 1.27. The van der Waals surface area contributed by atoms with Crippen LogP contribution in [-0.2, 0) is 19.0 Å². The van der Waals surface area contributed by atoms with E-state index in [9.17, 15) is 4.79 Å². The SMILES string of the molecule is CN(C(=O)c1c(Cl)nc(CNc2n[nH]c3cc(Cl)c(C(C)(C)C)cc23)n1C)C1CNCC12CC2. The number of nitrogens with zero attached hydrogens (tertiary/aromatic N) is 4. The van der Waals surface area contributed by atoms with Crippen LogP contribution in [0.4, 0.5) is 5.82 Å². The topological polar surface area (TPSA) is 90.9 Å². The molecule has 5 rings (SSSR count). The van der Waals surface area contributed by atoms with Crippen molar-refractivity contribution in [2.24, 2.45) is 12.5 Å². The standard InChI is InChI=1S/C24H31Cl2N7O/c1-23(2,3)14-8-13-16(9-15(14)25)30-31-21(13)28-11-18-29-20(26)19(33(18)5)22(34)32(4)17-10-27-12-24(17)6-7-24/h8-9,17,27H,6-7,10-12H2,1-5H3,(H2,28,30,31). The smallest absolute Gasteiger partial charge is 0.273 e. The van der Waals surface area contributed by atoms with Gasteiger partial charge in [-0.15, -0.1) is 0 Å². The molecule has 34 heavy (non-hydrogen) atoms. The lowest BCUT2D eigenvalue weighted by Crippen LogP contribution is -2.43. The molecule has 1 aromatic carbocycles. The summed E-state index contributed by atoms with van der Waals surface area (Å²) in [6.07, 6.45) is 2.33. The van der Waals surface area contributed by atoms with Crippen molar-refractivity contribution in [3.63, 3.8) is 0 Å². The summed E-state index contributed by atoms with van der Waals surface area (Å²) in [6.45, 7) is 8.56. The lowest BCUT2D eigenvalue weighted by molar-refractivity contribution is 0.0688. The Morgan fingerprint density at radius 3 is 2.74 bits per heavy atom. The number of amides is 1. The number of rotatable bonds is 5. The third-order valence-electron chi connectivity index (χ3n) is 7.42. The number of hydrogen-bond acceptors (Lipinski definition) is 5. The van der Waals surface area contributed by atoms with E-state index in [1.54, 1.807) is 4.57 Å². The highest BCUT2D eigenvalue weighted by atomic mass is 35.5. The van der Waals surface area contributed by atoms with Crippen molar-refractivity contribution in [1.29, 1.82) is 0 Å². The van der Waals surface area contributed by atoms with Crippen molar-refractivity contribution in [2.45, 2.75) is 51.6 Å². The van der Waals surface area contributed by atoms with Crippen LogP contribution in [-0.4, -0.2) is 56.7 Å². The minimum atomic E-state index is -0.0964. The van der Waals surface area contributed by atoms with E-state index in [0.29, 0.717) is 28.9 Å². The van der Waals surface area contributed by atoms with E-state index in [1.165, 1.54) is 0 Å². The van der Waals surface area contributed by atoms with Crippen LogP contribution < -0.4 is 10.6 Å². The van der Waals surface area contributed by atoms with Gasteiger partial charge in [0.15, 0.2) is 11.0 Å². The number of carbonyl (C=O) groups excluding carboxylic acids is 1. The minimum absolute atomic E-state index is 0.0951. The Hall–Kier alpha value is -2.29. The number of aromatic nitrogens is 4. The average Bonchev–Trinajstić information content (AvgIpc) is 3.11. The largest absolute Gasteiger partial charge is 0.361 e. The number of nitrogens with one attached hydrogen (secondary N) is 3. The van der Waals surface area contributed by atoms with E-state index in [4.69, 9.17) is 23.2 Å². The van der Waals surface area contributed by atoms with Gasteiger partial charge in [0, 0.05) is 43.0 Å². The Bertz CT molecular complexity index is 1270. The molecule has 0 bridgehead atoms. The number of halogens is 2. The molecule has 1 saturated carbocycles. The van der Waals surface area contributed by atoms with Gasteiger partial charge in [0.25, 0.3) is 5.91 Å². The predicted molar refractivity (Wildman–Crippen MR) is 136 cm³/mol. The second kappa shape index (κ2) is 8.14. The first kappa shape index (κ1) is 23.5. The number of fused-ring (bicyclic) bond motifs is 1. The fourth-order valence-electron chi connectivity index (χ4n) is 5.13. The number of imidazole rings is 1. The third-order valence-corrected chi connectivity index (χ3v) is 8.00. The molecule has 8 nitrogen and oxygen atoms in total. The van der Waals surface area contributed by atoms with Crippen LogP contribution in [0.1, 0.15) is 55.5 Å². The summed E-state index contributed by atoms with van der Waals surface area (Å²) in [5, 5.41) is 16.1. The Kier molecular flexibility index (Phi) is 5.61. The minimum Gasteiger partial charge on any atom is -0.361 e. The first-order valence-electron chi connectivity index (χ1n) is 11.6. The maximum Gasteiger partial charge on any atom is 0.273 e. The summed E-state index contributed by atoms with van der Waals surface area (Å²) in [7, 11) is 3.70. The van der Waals surface area contributed by atoms with Crippen LogP contribution >= 0.6 is 23.2 Å². The predicted octanol–water partition coefficient (Wildman–Crippen LogP) is 4.34. The van der Waals surface area contributed by atoms with Gasteiger partial charge in [-0.1, -0.05) is 44.0 Å². The molecule has 0 radical (unpaired) electrons. The van der Waals surface area contributed by atoms with Gasteiger partial charge in [-0.3, -0.25) is 9.89 Å². The van der Waals surface area contributed by atoms with Crippen molar-refractivity contribution in [2.75, 3.05) is 25.5 Å². The maximum atomic E-state index is 13.4. The molecule has 3 N–H and O–H groups in total. The van der Waals surface area contributed by atoms with E-state index in [2.05, 4.69) is 52.7 Å². The fourth-order valence-corrected chi connectivity index (χ4v) is 5.88. The Labute approximate surface area is 209 Å². The van der Waals surface area contributed by atoms with Crippen LogP contribution in [0.3, 0.4) is 0 Å². The number of benzene rings is 1. The van der Waals surface area contributed by atoms with Crippen LogP contribution in [0.2, 0.25) is 10.2 Å². The molecule has 3 heterocycles. The Balaban J connectivity index is 1.37. The van der Waals surface area contributed by atoms with Crippen LogP contribution in [0.5, 0.6) is 0 Å². The highest BCUT2D eigenvalue weighted by Crippen LogP contribution is 2.52. The molecule has 1 saturated heterocycles. The highest BCUT2D eigenvalue weighted by molar-refractivity contribution is 6.32. The van der Waals surface area contributed by atoms with Gasteiger partial charge >= 0.3 is 0 Å². The van der Waals surface area contributed by atoms with E-state index in [-0.39, 0.29) is 27.9 Å². The van der Waals surface area contributed by atoms with E-state index >= 15 is 0 Å². The summed E-state index contributed by atoms with van der Waals surface area (Å²) in [6, 6.07) is 4.17. The molecule has 182 valence electrons. The van der Waals surface area contributed by atoms with E-state index in [1.807, 2.05) is 25.1 Å². The lowest BCUT2D eigenvalue weighted by Gasteiger charge is -2.29. The Morgan fingerprint density at radius 1 is 1.32 bits per heavy atom. The number of likely N-dealkylation sites (N-methyl/N-ethyl adjacent to an activating group) is 1. The quantitative estimate of drug-likeness (QED) is 0.481. The van der Waals surface area contributed by atoms with Gasteiger partial charge in [-0.25, -0.2) is 4.98 Å². The average molecular weight is 504 g/mol. The molecule has 1 atom stereocenters. The van der Waals surface area contributed by atoms with Crippen molar-refractivity contribution >= 4 is 45.8 Å². The first-order chi connectivity index (χ1) is 16.0. The molecular weight excluding hydrogens is 473 g/mol. The molecule has 2 aliphatic rings. The van der Waals surface area contributed by atoms with Gasteiger partial charge in [-0.05, 0) is 36.0 Å². The van der Waals surface area contributed by atoms with Crippen molar-refractivity contribution in [3.05, 3.63) is 39.4 Å². The zero-order valence-corrected chi connectivity index (χ0v) is 21.7. The summed E-state index contributed by atoms with van der Waals surface area (Å²) in [4.78, 5) is 19.7. The van der Waals surface area contributed by atoms with Gasteiger partial charge in [-0.2, -0.15) is 5.10 Å². The van der Waals surface area contributed by atoms with Crippen molar-refractivity contribution in [3.8, 4) is 0 Å². The number of hydrogen-bond donors (Lipinski definition) is 3. The molecule has 1 spiro atoms. The monoisotopic (exact) mass is 503 g/mol. The van der Waals surface area contributed by atoms with E-state index in [0.717, 1.165) is 42.4 Å².